The third-order valence-corrected chi connectivity index (χ3v) is 4.90. The van der Waals surface area contributed by atoms with Crippen molar-refractivity contribution in [1.29, 1.82) is 0 Å². The van der Waals surface area contributed by atoms with E-state index in [4.69, 9.17) is 16.3 Å². The van der Waals surface area contributed by atoms with Gasteiger partial charge in [-0.3, -0.25) is 9.59 Å². The van der Waals surface area contributed by atoms with Crippen LogP contribution in [0.15, 0.2) is 0 Å². The fourth-order valence-electron chi connectivity index (χ4n) is 2.11. The average molecular weight is 318 g/mol. The maximum absolute atomic E-state index is 12.5. The molecule has 1 N–H and O–H groups in total. The topological polar surface area (TPSA) is 104 Å². The summed E-state index contributed by atoms with van der Waals surface area (Å²) in [5.74, 6) is 0.164. The van der Waals surface area contributed by atoms with Crippen molar-refractivity contribution in [2.75, 3.05) is 26.2 Å². The average Bonchev–Trinajstić information content (AvgIpc) is 2.88. The lowest BCUT2D eigenvalue weighted by atomic mass is 10.2. The second-order valence-corrected chi connectivity index (χ2v) is 6.28. The van der Waals surface area contributed by atoms with Crippen LogP contribution in [0.4, 0.5) is 0 Å². The summed E-state index contributed by atoms with van der Waals surface area (Å²) in [5.41, 5.74) is 0. The van der Waals surface area contributed by atoms with Gasteiger partial charge < -0.3 is 9.84 Å². The quantitative estimate of drug-likeness (QED) is 0.491. The number of esters is 1. The molecule has 9 heteroatoms. The molecule has 0 saturated carbocycles. The van der Waals surface area contributed by atoms with Gasteiger partial charge in [-0.05, 0) is 19.8 Å². The number of aliphatic carboxylic acids is 1. The second kappa shape index (κ2) is 7.40. The molecule has 1 aliphatic rings. The SMILES string of the molecule is C#CCN(CC(=O)O)S(=O)(=O)N1CCCC1C(=O)OCC. The van der Waals surface area contributed by atoms with E-state index >= 15 is 0 Å². The van der Waals surface area contributed by atoms with Crippen molar-refractivity contribution >= 4 is 22.1 Å². The zero-order chi connectivity index (χ0) is 16.0. The van der Waals surface area contributed by atoms with E-state index in [2.05, 4.69) is 5.92 Å². The molecule has 1 fully saturated rings. The fraction of sp³-hybridized carbons (Fsp3) is 0.667. The molecule has 0 aliphatic carbocycles. The Balaban J connectivity index is 3.00. The zero-order valence-electron chi connectivity index (χ0n) is 11.7. The predicted molar refractivity (Wildman–Crippen MR) is 73.3 cm³/mol. The van der Waals surface area contributed by atoms with Crippen molar-refractivity contribution in [2.24, 2.45) is 0 Å². The highest BCUT2D eigenvalue weighted by molar-refractivity contribution is 7.86. The Hall–Kier alpha value is -1.63. The number of carbonyl (C=O) groups is 2. The van der Waals surface area contributed by atoms with E-state index in [-0.39, 0.29) is 19.7 Å². The van der Waals surface area contributed by atoms with Crippen molar-refractivity contribution in [3.8, 4) is 12.3 Å². The summed E-state index contributed by atoms with van der Waals surface area (Å²) in [5, 5.41) is 8.79. The molecular formula is C12H18N2O6S. The molecule has 1 heterocycles. The molecular weight excluding hydrogens is 300 g/mol. The van der Waals surface area contributed by atoms with Crippen molar-refractivity contribution in [3.63, 3.8) is 0 Å². The first-order chi connectivity index (χ1) is 9.84. The molecule has 0 spiro atoms. The van der Waals surface area contributed by atoms with Gasteiger partial charge in [-0.1, -0.05) is 5.92 Å². The van der Waals surface area contributed by atoms with Gasteiger partial charge in [-0.25, -0.2) is 0 Å². The van der Waals surface area contributed by atoms with Crippen LogP contribution in [0, 0.1) is 12.3 Å². The van der Waals surface area contributed by atoms with Gasteiger partial charge in [-0.15, -0.1) is 6.42 Å². The molecule has 0 aromatic heterocycles. The molecule has 0 aromatic carbocycles. The minimum absolute atomic E-state index is 0.131. The lowest BCUT2D eigenvalue weighted by molar-refractivity contribution is -0.146. The van der Waals surface area contributed by atoms with Gasteiger partial charge in [0.2, 0.25) is 0 Å². The van der Waals surface area contributed by atoms with Crippen LogP contribution in [0.5, 0.6) is 0 Å². The smallest absolute Gasteiger partial charge is 0.324 e. The highest BCUT2D eigenvalue weighted by Crippen LogP contribution is 2.24. The van der Waals surface area contributed by atoms with E-state index in [9.17, 15) is 18.0 Å². The largest absolute Gasteiger partial charge is 0.480 e. The Morgan fingerprint density at radius 3 is 2.71 bits per heavy atom. The number of carboxylic acids is 1. The van der Waals surface area contributed by atoms with Gasteiger partial charge in [0.25, 0.3) is 10.2 Å². The number of terminal acetylenes is 1. The van der Waals surface area contributed by atoms with Crippen LogP contribution < -0.4 is 0 Å². The molecule has 1 unspecified atom stereocenters. The number of hydrogen-bond acceptors (Lipinski definition) is 5. The summed E-state index contributed by atoms with van der Waals surface area (Å²) in [4.78, 5) is 22.6. The fourth-order valence-corrected chi connectivity index (χ4v) is 3.79. The third-order valence-electron chi connectivity index (χ3n) is 2.96. The molecule has 21 heavy (non-hydrogen) atoms. The number of carbonyl (C=O) groups excluding carboxylic acids is 1. The van der Waals surface area contributed by atoms with Crippen molar-refractivity contribution in [2.45, 2.75) is 25.8 Å². The zero-order valence-corrected chi connectivity index (χ0v) is 12.5. The van der Waals surface area contributed by atoms with Crippen molar-refractivity contribution in [1.82, 2.24) is 8.61 Å². The number of rotatable bonds is 7. The van der Waals surface area contributed by atoms with Crippen molar-refractivity contribution in [3.05, 3.63) is 0 Å². The molecule has 1 rings (SSSR count). The highest BCUT2D eigenvalue weighted by Gasteiger charge is 2.42. The molecule has 0 aromatic rings. The molecule has 0 radical (unpaired) electrons. The first-order valence-electron chi connectivity index (χ1n) is 6.43. The summed E-state index contributed by atoms with van der Waals surface area (Å²) >= 11 is 0. The molecule has 118 valence electrons. The van der Waals surface area contributed by atoms with Gasteiger partial charge in [0.15, 0.2) is 0 Å². The van der Waals surface area contributed by atoms with Gasteiger partial charge >= 0.3 is 11.9 Å². The Kier molecular flexibility index (Phi) is 6.14. The van der Waals surface area contributed by atoms with E-state index in [1.165, 1.54) is 0 Å². The van der Waals surface area contributed by atoms with E-state index in [0.29, 0.717) is 17.1 Å². The Morgan fingerprint density at radius 2 is 2.19 bits per heavy atom. The number of carboxylic acid groups (broad SMARTS) is 1. The third kappa shape index (κ3) is 4.17. The first-order valence-corrected chi connectivity index (χ1v) is 7.83. The van der Waals surface area contributed by atoms with Crippen LogP contribution in [0.2, 0.25) is 0 Å². The summed E-state index contributed by atoms with van der Waals surface area (Å²) in [6.45, 7) is 0.777. The molecule has 1 atom stereocenters. The molecule has 0 amide bonds. The molecule has 0 bridgehead atoms. The van der Waals surface area contributed by atoms with Crippen LogP contribution >= 0.6 is 0 Å². The van der Waals surface area contributed by atoms with Crippen LogP contribution in [0.1, 0.15) is 19.8 Å². The van der Waals surface area contributed by atoms with E-state index in [0.717, 1.165) is 4.31 Å². The molecule has 1 saturated heterocycles. The number of ether oxygens (including phenoxy) is 1. The highest BCUT2D eigenvalue weighted by atomic mass is 32.2. The van der Waals surface area contributed by atoms with Gasteiger partial charge in [0, 0.05) is 6.54 Å². The Labute approximate surface area is 123 Å². The maximum Gasteiger partial charge on any atom is 0.324 e. The normalized spacial score (nSPS) is 19.4. The lowest BCUT2D eigenvalue weighted by Crippen LogP contribution is -2.50. The van der Waals surface area contributed by atoms with Crippen LogP contribution in [0.3, 0.4) is 0 Å². The van der Waals surface area contributed by atoms with Crippen LogP contribution in [-0.2, 0) is 24.5 Å². The number of hydrogen-bond donors (Lipinski definition) is 1. The van der Waals surface area contributed by atoms with E-state index in [1.807, 2.05) is 0 Å². The monoisotopic (exact) mass is 318 g/mol. The standard InChI is InChI=1S/C12H18N2O6S/c1-3-7-13(9-11(15)16)21(18,19)14-8-5-6-10(14)12(17)20-4-2/h1,10H,4-9H2,2H3,(H,15,16). The predicted octanol–water partition coefficient (Wildman–Crippen LogP) is -0.721. The summed E-state index contributed by atoms with van der Waals surface area (Å²) < 4.78 is 31.4. The summed E-state index contributed by atoms with van der Waals surface area (Å²) in [6.07, 6.45) is 5.93. The molecule has 1 aliphatic heterocycles. The minimum atomic E-state index is -4.13. The molecule has 8 nitrogen and oxygen atoms in total. The van der Waals surface area contributed by atoms with Crippen LogP contribution in [-0.4, -0.2) is 66.4 Å². The minimum Gasteiger partial charge on any atom is -0.480 e. The van der Waals surface area contributed by atoms with Crippen LogP contribution in [0.25, 0.3) is 0 Å². The maximum atomic E-state index is 12.5. The van der Waals surface area contributed by atoms with E-state index in [1.54, 1.807) is 6.92 Å². The van der Waals surface area contributed by atoms with Crippen molar-refractivity contribution < 1.29 is 27.9 Å². The van der Waals surface area contributed by atoms with E-state index < -0.39 is 34.7 Å². The lowest BCUT2D eigenvalue weighted by Gasteiger charge is -2.28. The Morgan fingerprint density at radius 1 is 1.52 bits per heavy atom. The Bertz CT molecular complexity index is 538. The number of nitrogens with zero attached hydrogens (tertiary/aromatic N) is 2. The summed E-state index contributed by atoms with van der Waals surface area (Å²) in [7, 11) is -4.13. The summed E-state index contributed by atoms with van der Waals surface area (Å²) in [6, 6.07) is -0.927. The second-order valence-electron chi connectivity index (χ2n) is 4.39. The first kappa shape index (κ1) is 17.4. The van der Waals surface area contributed by atoms with Gasteiger partial charge in [0.1, 0.15) is 12.6 Å². The van der Waals surface area contributed by atoms with Gasteiger partial charge in [0.05, 0.1) is 13.2 Å². The van der Waals surface area contributed by atoms with Gasteiger partial charge in [-0.2, -0.15) is 17.0 Å².